The zero-order valence-corrected chi connectivity index (χ0v) is 13.5. The molecule has 0 aliphatic carbocycles. The standard InChI is InChI=1S/C18H23N3O2/c1-15-4-6-17(7-5-15)23-13-16-3-2-9-21(11-16)18(22)12-20-10-8-19-14-20/h4-8,10,14,16H,2-3,9,11-13H2,1H3/t16-/m0/s1. The molecule has 1 aliphatic rings. The number of hydrogen-bond acceptors (Lipinski definition) is 3. The molecule has 2 aromatic rings. The third kappa shape index (κ3) is 4.34. The van der Waals surface area contributed by atoms with E-state index >= 15 is 0 Å². The number of amides is 1. The number of aryl methyl sites for hydroxylation is 1. The van der Waals surface area contributed by atoms with Crippen molar-refractivity contribution < 1.29 is 9.53 Å². The van der Waals surface area contributed by atoms with E-state index in [1.165, 1.54) is 5.56 Å². The van der Waals surface area contributed by atoms with Crippen LogP contribution in [0.5, 0.6) is 5.75 Å². The lowest BCUT2D eigenvalue weighted by Crippen LogP contribution is -2.42. The van der Waals surface area contributed by atoms with Gasteiger partial charge in [-0.15, -0.1) is 0 Å². The number of rotatable bonds is 5. The highest BCUT2D eigenvalue weighted by Gasteiger charge is 2.24. The molecule has 0 unspecified atom stereocenters. The zero-order chi connectivity index (χ0) is 16.1. The fraction of sp³-hybridized carbons (Fsp3) is 0.444. The highest BCUT2D eigenvalue weighted by Crippen LogP contribution is 2.19. The van der Waals surface area contributed by atoms with Crippen molar-refractivity contribution in [2.75, 3.05) is 19.7 Å². The van der Waals surface area contributed by atoms with Gasteiger partial charge in [-0.2, -0.15) is 0 Å². The first-order valence-corrected chi connectivity index (χ1v) is 8.14. The summed E-state index contributed by atoms with van der Waals surface area (Å²) in [6.45, 7) is 4.71. The molecule has 0 spiro atoms. The van der Waals surface area contributed by atoms with Crippen molar-refractivity contribution in [1.82, 2.24) is 14.5 Å². The van der Waals surface area contributed by atoms with Gasteiger partial charge in [-0.3, -0.25) is 4.79 Å². The number of aromatic nitrogens is 2. The van der Waals surface area contributed by atoms with Gasteiger partial charge in [0.05, 0.1) is 12.9 Å². The molecule has 1 amide bonds. The van der Waals surface area contributed by atoms with Crippen LogP contribution in [0, 0.1) is 12.8 Å². The molecule has 0 radical (unpaired) electrons. The minimum absolute atomic E-state index is 0.156. The van der Waals surface area contributed by atoms with E-state index in [1.54, 1.807) is 12.5 Å². The average Bonchev–Trinajstić information content (AvgIpc) is 3.07. The van der Waals surface area contributed by atoms with Gasteiger partial charge >= 0.3 is 0 Å². The topological polar surface area (TPSA) is 47.4 Å². The van der Waals surface area contributed by atoms with Crippen molar-refractivity contribution in [2.45, 2.75) is 26.3 Å². The Hall–Kier alpha value is -2.30. The normalized spacial score (nSPS) is 18.0. The molecule has 2 heterocycles. The largest absolute Gasteiger partial charge is 0.493 e. The fourth-order valence-corrected chi connectivity index (χ4v) is 2.91. The van der Waals surface area contributed by atoms with Crippen LogP contribution in [-0.2, 0) is 11.3 Å². The SMILES string of the molecule is Cc1ccc(OC[C@H]2CCCN(C(=O)Cn3ccnc3)C2)cc1. The van der Waals surface area contributed by atoms with E-state index in [-0.39, 0.29) is 5.91 Å². The number of benzene rings is 1. The number of nitrogens with zero attached hydrogens (tertiary/aromatic N) is 3. The Labute approximate surface area is 136 Å². The lowest BCUT2D eigenvalue weighted by Gasteiger charge is -2.32. The summed E-state index contributed by atoms with van der Waals surface area (Å²) < 4.78 is 7.70. The van der Waals surface area contributed by atoms with Crippen molar-refractivity contribution in [1.29, 1.82) is 0 Å². The quantitative estimate of drug-likeness (QED) is 0.852. The number of piperidine rings is 1. The minimum Gasteiger partial charge on any atom is -0.493 e. The molecule has 5 heteroatoms. The fourth-order valence-electron chi connectivity index (χ4n) is 2.91. The van der Waals surface area contributed by atoms with Gasteiger partial charge < -0.3 is 14.2 Å². The van der Waals surface area contributed by atoms with E-state index in [0.29, 0.717) is 19.1 Å². The molecule has 3 rings (SSSR count). The van der Waals surface area contributed by atoms with Gasteiger partial charge in [0.2, 0.25) is 5.91 Å². The monoisotopic (exact) mass is 313 g/mol. The third-order valence-electron chi connectivity index (χ3n) is 4.26. The Morgan fingerprint density at radius 1 is 1.35 bits per heavy atom. The van der Waals surface area contributed by atoms with E-state index in [0.717, 1.165) is 31.7 Å². The van der Waals surface area contributed by atoms with Crippen molar-refractivity contribution in [3.8, 4) is 5.75 Å². The van der Waals surface area contributed by atoms with Crippen LogP contribution in [0.4, 0.5) is 0 Å². The van der Waals surface area contributed by atoms with Gasteiger partial charge in [0.15, 0.2) is 0 Å². The van der Waals surface area contributed by atoms with Crippen molar-refractivity contribution in [2.24, 2.45) is 5.92 Å². The van der Waals surface area contributed by atoms with E-state index in [2.05, 4.69) is 24.0 Å². The zero-order valence-electron chi connectivity index (χ0n) is 13.5. The van der Waals surface area contributed by atoms with Crippen LogP contribution in [-0.4, -0.2) is 40.1 Å². The van der Waals surface area contributed by atoms with Crippen LogP contribution in [0.1, 0.15) is 18.4 Å². The van der Waals surface area contributed by atoms with Crippen LogP contribution < -0.4 is 4.74 Å². The number of imidazole rings is 1. The Kier molecular flexibility index (Phi) is 4.95. The maximum Gasteiger partial charge on any atom is 0.242 e. The number of ether oxygens (including phenoxy) is 1. The van der Waals surface area contributed by atoms with Gasteiger partial charge in [0, 0.05) is 31.4 Å². The predicted octanol–water partition coefficient (Wildman–Crippen LogP) is 2.51. The van der Waals surface area contributed by atoms with Crippen molar-refractivity contribution in [3.05, 3.63) is 48.5 Å². The number of carbonyl (C=O) groups is 1. The Morgan fingerprint density at radius 2 is 2.17 bits per heavy atom. The molecule has 122 valence electrons. The summed E-state index contributed by atoms with van der Waals surface area (Å²) in [5.41, 5.74) is 1.23. The molecule has 0 bridgehead atoms. The Morgan fingerprint density at radius 3 is 2.91 bits per heavy atom. The van der Waals surface area contributed by atoms with Crippen LogP contribution in [0.3, 0.4) is 0 Å². The average molecular weight is 313 g/mol. The molecule has 1 saturated heterocycles. The smallest absolute Gasteiger partial charge is 0.242 e. The van der Waals surface area contributed by atoms with Gasteiger partial charge in [-0.1, -0.05) is 17.7 Å². The van der Waals surface area contributed by atoms with Gasteiger partial charge in [0.25, 0.3) is 0 Å². The van der Waals surface area contributed by atoms with Gasteiger partial charge in [-0.25, -0.2) is 4.98 Å². The number of hydrogen-bond donors (Lipinski definition) is 0. The Balaban J connectivity index is 1.49. The second-order valence-electron chi connectivity index (χ2n) is 6.21. The molecule has 1 aliphatic heterocycles. The van der Waals surface area contributed by atoms with E-state index in [1.807, 2.05) is 27.8 Å². The summed E-state index contributed by atoms with van der Waals surface area (Å²) in [5.74, 6) is 1.46. The number of carbonyl (C=O) groups excluding carboxylic acids is 1. The second-order valence-corrected chi connectivity index (χ2v) is 6.21. The third-order valence-corrected chi connectivity index (χ3v) is 4.26. The van der Waals surface area contributed by atoms with Crippen molar-refractivity contribution >= 4 is 5.91 Å². The molecule has 5 nitrogen and oxygen atoms in total. The van der Waals surface area contributed by atoms with Crippen molar-refractivity contribution in [3.63, 3.8) is 0 Å². The van der Waals surface area contributed by atoms with E-state index < -0.39 is 0 Å². The maximum atomic E-state index is 12.4. The highest BCUT2D eigenvalue weighted by atomic mass is 16.5. The van der Waals surface area contributed by atoms with E-state index in [4.69, 9.17) is 4.74 Å². The molecule has 1 fully saturated rings. The Bertz CT molecular complexity index is 622. The van der Waals surface area contributed by atoms with Gasteiger partial charge in [0.1, 0.15) is 12.3 Å². The number of likely N-dealkylation sites (tertiary alicyclic amines) is 1. The molecule has 0 saturated carbocycles. The second kappa shape index (κ2) is 7.31. The van der Waals surface area contributed by atoms with Gasteiger partial charge in [-0.05, 0) is 31.9 Å². The highest BCUT2D eigenvalue weighted by molar-refractivity contribution is 5.76. The molecule has 1 atom stereocenters. The van der Waals surface area contributed by atoms with Crippen LogP contribution in [0.15, 0.2) is 43.0 Å². The molecular formula is C18H23N3O2. The molecule has 1 aromatic carbocycles. The summed E-state index contributed by atoms with van der Waals surface area (Å²) in [7, 11) is 0. The molecular weight excluding hydrogens is 290 g/mol. The summed E-state index contributed by atoms with van der Waals surface area (Å²) in [6.07, 6.45) is 7.35. The lowest BCUT2D eigenvalue weighted by atomic mass is 9.99. The predicted molar refractivity (Wildman–Crippen MR) is 88.2 cm³/mol. The molecule has 0 N–H and O–H groups in total. The van der Waals surface area contributed by atoms with Crippen LogP contribution in [0.25, 0.3) is 0 Å². The minimum atomic E-state index is 0.156. The summed E-state index contributed by atoms with van der Waals surface area (Å²) in [6, 6.07) is 8.11. The first kappa shape index (κ1) is 15.6. The molecule has 1 aromatic heterocycles. The lowest BCUT2D eigenvalue weighted by molar-refractivity contribution is -0.133. The first-order valence-electron chi connectivity index (χ1n) is 8.14. The summed E-state index contributed by atoms with van der Waals surface area (Å²) in [4.78, 5) is 18.3. The summed E-state index contributed by atoms with van der Waals surface area (Å²) in [5, 5.41) is 0. The van der Waals surface area contributed by atoms with Crippen LogP contribution in [0.2, 0.25) is 0 Å². The first-order chi connectivity index (χ1) is 11.2. The van der Waals surface area contributed by atoms with Crippen LogP contribution >= 0.6 is 0 Å². The summed E-state index contributed by atoms with van der Waals surface area (Å²) >= 11 is 0. The van der Waals surface area contributed by atoms with E-state index in [9.17, 15) is 4.79 Å². The molecule has 23 heavy (non-hydrogen) atoms. The maximum absolute atomic E-state index is 12.4.